The Hall–Kier alpha value is -4.08. The molecule has 2 heterocycles. The second-order valence-electron chi connectivity index (χ2n) is 12.4. The van der Waals surface area contributed by atoms with E-state index in [1.807, 2.05) is 15.7 Å². The van der Waals surface area contributed by atoms with Crippen molar-refractivity contribution in [1.29, 1.82) is 0 Å². The highest BCUT2D eigenvalue weighted by Crippen LogP contribution is 2.32. The van der Waals surface area contributed by atoms with Gasteiger partial charge in [-0.2, -0.15) is 10.2 Å². The van der Waals surface area contributed by atoms with Crippen LogP contribution >= 0.6 is 0 Å². The molecule has 0 spiro atoms. The number of rotatable bonds is 15. The lowest BCUT2D eigenvalue weighted by atomic mass is 9.85. The number of anilines is 4. The SMILES string of the molecule is c1cc(NCCCn2cnc(C3CCC(Nc4ccc(NCCCn5cncn5)cc4)CC3)n2)cc(NC2CCCCC2)c1. The molecular formula is C34H48N10. The summed E-state index contributed by atoms with van der Waals surface area (Å²) < 4.78 is 3.88. The summed E-state index contributed by atoms with van der Waals surface area (Å²) >= 11 is 0. The van der Waals surface area contributed by atoms with E-state index >= 15 is 0 Å². The number of hydrogen-bond acceptors (Lipinski definition) is 8. The molecule has 6 rings (SSSR count). The normalized spacial score (nSPS) is 19.0. The summed E-state index contributed by atoms with van der Waals surface area (Å²) in [6.45, 7) is 3.57. The van der Waals surface area contributed by atoms with Gasteiger partial charge in [-0.05, 0) is 93.8 Å². The smallest absolute Gasteiger partial charge is 0.153 e. The van der Waals surface area contributed by atoms with E-state index in [1.165, 1.54) is 49.2 Å². The molecule has 234 valence electrons. The van der Waals surface area contributed by atoms with Crippen molar-refractivity contribution < 1.29 is 0 Å². The lowest BCUT2D eigenvalue weighted by molar-refractivity contribution is 0.398. The zero-order chi connectivity index (χ0) is 29.8. The van der Waals surface area contributed by atoms with Crippen LogP contribution in [0.3, 0.4) is 0 Å². The Morgan fingerprint density at radius 3 is 2.11 bits per heavy atom. The van der Waals surface area contributed by atoms with Crippen molar-refractivity contribution in [2.75, 3.05) is 34.4 Å². The van der Waals surface area contributed by atoms with Crippen molar-refractivity contribution >= 4 is 22.7 Å². The van der Waals surface area contributed by atoms with Gasteiger partial charge in [-0.15, -0.1) is 0 Å². The third-order valence-electron chi connectivity index (χ3n) is 8.99. The Labute approximate surface area is 261 Å². The van der Waals surface area contributed by atoms with E-state index < -0.39 is 0 Å². The van der Waals surface area contributed by atoms with Crippen LogP contribution in [-0.2, 0) is 13.1 Å². The van der Waals surface area contributed by atoms with Crippen LogP contribution in [0.5, 0.6) is 0 Å². The molecular weight excluding hydrogens is 548 g/mol. The Kier molecular flexibility index (Phi) is 10.6. The predicted octanol–water partition coefficient (Wildman–Crippen LogP) is 6.76. The van der Waals surface area contributed by atoms with Gasteiger partial charge in [0.25, 0.3) is 0 Å². The van der Waals surface area contributed by atoms with E-state index in [1.54, 1.807) is 12.7 Å². The van der Waals surface area contributed by atoms with E-state index in [0.717, 1.165) is 76.2 Å². The minimum absolute atomic E-state index is 0.455. The molecule has 0 amide bonds. The number of aryl methyl sites for hydroxylation is 2. The van der Waals surface area contributed by atoms with E-state index in [-0.39, 0.29) is 0 Å². The summed E-state index contributed by atoms with van der Waals surface area (Å²) in [5.74, 6) is 1.47. The van der Waals surface area contributed by atoms with Crippen molar-refractivity contribution in [3.63, 3.8) is 0 Å². The molecule has 10 nitrogen and oxygen atoms in total. The zero-order valence-corrected chi connectivity index (χ0v) is 25.9. The van der Waals surface area contributed by atoms with Crippen LogP contribution < -0.4 is 21.3 Å². The summed E-state index contributed by atoms with van der Waals surface area (Å²) in [6, 6.07) is 18.5. The minimum Gasteiger partial charge on any atom is -0.385 e. The van der Waals surface area contributed by atoms with Gasteiger partial charge in [0.05, 0.1) is 0 Å². The molecule has 0 saturated heterocycles. The lowest BCUT2D eigenvalue weighted by Crippen LogP contribution is -2.25. The Morgan fingerprint density at radius 2 is 1.34 bits per heavy atom. The maximum Gasteiger partial charge on any atom is 0.153 e. The number of hydrogen-bond donors (Lipinski definition) is 4. The third kappa shape index (κ3) is 8.97. The van der Waals surface area contributed by atoms with Crippen LogP contribution in [0.15, 0.2) is 67.5 Å². The molecule has 2 aliphatic carbocycles. The van der Waals surface area contributed by atoms with Gasteiger partial charge in [0.15, 0.2) is 5.82 Å². The van der Waals surface area contributed by atoms with E-state index in [0.29, 0.717) is 18.0 Å². The fourth-order valence-electron chi connectivity index (χ4n) is 6.52. The van der Waals surface area contributed by atoms with Gasteiger partial charge in [-0.3, -0.25) is 9.36 Å². The first kappa shape index (κ1) is 30.0. The van der Waals surface area contributed by atoms with Gasteiger partial charge in [0, 0.05) is 66.9 Å². The molecule has 2 aromatic heterocycles. The molecule has 0 radical (unpaired) electrons. The van der Waals surface area contributed by atoms with Crippen LogP contribution in [0.25, 0.3) is 0 Å². The standard InChI is InChI=1S/C34H48N10/c1-2-7-29(8-3-1)41-33-10-4-9-32(23-33)37-20-6-22-44-26-38-34(42-44)27-11-13-30(14-12-27)40-31-17-15-28(16-18-31)36-19-5-21-43-25-35-24-39-43/h4,9-10,15-18,23-27,29-30,36-37,40-41H,1-3,5-8,11-14,19-22H2. The summed E-state index contributed by atoms with van der Waals surface area (Å²) in [5.41, 5.74) is 4.74. The second kappa shape index (κ2) is 15.6. The fraction of sp³-hybridized carbons (Fsp3) is 0.529. The van der Waals surface area contributed by atoms with Crippen molar-refractivity contribution in [2.24, 2.45) is 0 Å². The summed E-state index contributed by atoms with van der Waals surface area (Å²) in [7, 11) is 0. The van der Waals surface area contributed by atoms with Crippen LogP contribution in [0.1, 0.15) is 82.4 Å². The molecule has 44 heavy (non-hydrogen) atoms. The predicted molar refractivity (Wildman–Crippen MR) is 178 cm³/mol. The first-order chi connectivity index (χ1) is 21.8. The molecule has 4 aromatic rings. The average Bonchev–Trinajstić information content (AvgIpc) is 3.76. The maximum absolute atomic E-state index is 4.85. The summed E-state index contributed by atoms with van der Waals surface area (Å²) in [5, 5.41) is 23.5. The Balaban J connectivity index is 0.862. The molecule has 4 N–H and O–H groups in total. The summed E-state index contributed by atoms with van der Waals surface area (Å²) in [4.78, 5) is 8.68. The monoisotopic (exact) mass is 596 g/mol. The van der Waals surface area contributed by atoms with E-state index in [9.17, 15) is 0 Å². The second-order valence-corrected chi connectivity index (χ2v) is 12.4. The minimum atomic E-state index is 0.455. The fourth-order valence-corrected chi connectivity index (χ4v) is 6.52. The van der Waals surface area contributed by atoms with Crippen molar-refractivity contribution in [3.8, 4) is 0 Å². The highest BCUT2D eigenvalue weighted by atomic mass is 15.3. The zero-order valence-electron chi connectivity index (χ0n) is 25.9. The topological polar surface area (TPSA) is 110 Å². The van der Waals surface area contributed by atoms with Crippen molar-refractivity contribution in [3.05, 3.63) is 73.3 Å². The van der Waals surface area contributed by atoms with Gasteiger partial charge in [-0.25, -0.2) is 9.97 Å². The van der Waals surface area contributed by atoms with Crippen LogP contribution in [0.4, 0.5) is 22.7 Å². The lowest BCUT2D eigenvalue weighted by Gasteiger charge is -2.28. The Morgan fingerprint density at radius 1 is 0.659 bits per heavy atom. The molecule has 10 heteroatoms. The Bertz CT molecular complexity index is 1370. The highest BCUT2D eigenvalue weighted by molar-refractivity contribution is 5.57. The number of aromatic nitrogens is 6. The van der Waals surface area contributed by atoms with Gasteiger partial charge in [0.1, 0.15) is 19.0 Å². The largest absolute Gasteiger partial charge is 0.385 e. The van der Waals surface area contributed by atoms with Crippen LogP contribution in [0, 0.1) is 0 Å². The highest BCUT2D eigenvalue weighted by Gasteiger charge is 2.25. The van der Waals surface area contributed by atoms with E-state index in [4.69, 9.17) is 10.1 Å². The quantitative estimate of drug-likeness (QED) is 0.112. The molecule has 0 aliphatic heterocycles. The van der Waals surface area contributed by atoms with Gasteiger partial charge >= 0.3 is 0 Å². The number of nitrogens with one attached hydrogen (secondary N) is 4. The molecule has 0 bridgehead atoms. The van der Waals surface area contributed by atoms with Gasteiger partial charge < -0.3 is 21.3 Å². The van der Waals surface area contributed by atoms with E-state index in [2.05, 4.69) is 79.9 Å². The maximum atomic E-state index is 4.85. The van der Waals surface area contributed by atoms with Gasteiger partial charge in [0.2, 0.25) is 0 Å². The molecule has 2 saturated carbocycles. The molecule has 0 atom stereocenters. The summed E-state index contributed by atoms with van der Waals surface area (Å²) in [6.07, 6.45) is 18.4. The van der Waals surface area contributed by atoms with Crippen molar-refractivity contribution in [2.45, 2.75) is 102 Å². The van der Waals surface area contributed by atoms with Crippen molar-refractivity contribution in [1.82, 2.24) is 29.5 Å². The number of nitrogens with zero attached hydrogens (tertiary/aromatic N) is 6. The van der Waals surface area contributed by atoms with Crippen LogP contribution in [0.2, 0.25) is 0 Å². The first-order valence-electron chi connectivity index (χ1n) is 16.7. The van der Waals surface area contributed by atoms with Crippen LogP contribution in [-0.4, -0.2) is 54.7 Å². The molecule has 2 aromatic carbocycles. The first-order valence-corrected chi connectivity index (χ1v) is 16.7. The average molecular weight is 597 g/mol. The van der Waals surface area contributed by atoms with Gasteiger partial charge in [-0.1, -0.05) is 25.3 Å². The molecule has 2 fully saturated rings. The molecule has 2 aliphatic rings. The third-order valence-corrected chi connectivity index (χ3v) is 8.99. The molecule has 0 unspecified atom stereocenters. The number of benzene rings is 2.